The Labute approximate surface area is 141 Å². The van der Waals surface area contributed by atoms with Crippen LogP contribution in [0.2, 0.25) is 0 Å². The number of nitrogens with zero attached hydrogens (tertiary/aromatic N) is 1. The van der Waals surface area contributed by atoms with E-state index in [0.29, 0.717) is 11.4 Å². The van der Waals surface area contributed by atoms with E-state index in [2.05, 4.69) is 10.2 Å². The summed E-state index contributed by atoms with van der Waals surface area (Å²) in [5.74, 6) is 0.605. The lowest BCUT2D eigenvalue weighted by Gasteiger charge is -2.20. The predicted octanol–water partition coefficient (Wildman–Crippen LogP) is 3.44. The highest BCUT2D eigenvalue weighted by atomic mass is 32.2. The fourth-order valence-electron chi connectivity index (χ4n) is 2.33. The Kier molecular flexibility index (Phi) is 6.08. The van der Waals surface area contributed by atoms with Crippen LogP contribution in [0, 0.1) is 6.92 Å². The highest BCUT2D eigenvalue weighted by Gasteiger charge is 2.22. The molecule has 1 atom stereocenters. The van der Waals surface area contributed by atoms with Crippen molar-refractivity contribution in [3.05, 3.63) is 23.8 Å². The van der Waals surface area contributed by atoms with Gasteiger partial charge in [0.2, 0.25) is 5.91 Å². The second-order valence-electron chi connectivity index (χ2n) is 5.41. The number of ether oxygens (including phenoxy) is 1. The van der Waals surface area contributed by atoms with Crippen LogP contribution in [0.5, 0.6) is 5.75 Å². The predicted molar refractivity (Wildman–Crippen MR) is 96.8 cm³/mol. The summed E-state index contributed by atoms with van der Waals surface area (Å²) in [4.78, 5) is 14.6. The maximum atomic E-state index is 12.4. The first kappa shape index (κ1) is 17.1. The van der Waals surface area contributed by atoms with E-state index < -0.39 is 0 Å². The van der Waals surface area contributed by atoms with E-state index in [4.69, 9.17) is 17.0 Å². The van der Waals surface area contributed by atoms with Crippen molar-refractivity contribution in [1.82, 2.24) is 4.90 Å². The molecule has 0 saturated carbocycles. The summed E-state index contributed by atoms with van der Waals surface area (Å²) < 4.78 is 6.10. The van der Waals surface area contributed by atoms with E-state index in [1.54, 1.807) is 7.11 Å². The molecule has 1 heterocycles. The lowest BCUT2D eigenvalue weighted by Crippen LogP contribution is -2.29. The van der Waals surface area contributed by atoms with Crippen LogP contribution in [0.4, 0.5) is 5.69 Å². The first-order valence-corrected chi connectivity index (χ1v) is 8.71. The van der Waals surface area contributed by atoms with E-state index in [1.165, 1.54) is 24.6 Å². The molecule has 1 aliphatic rings. The summed E-state index contributed by atoms with van der Waals surface area (Å²) in [6.45, 7) is 5.87. The van der Waals surface area contributed by atoms with Gasteiger partial charge >= 0.3 is 0 Å². The molecule has 1 N–H and O–H groups in total. The number of anilines is 1. The normalized spacial score (nSPS) is 15.5. The molecule has 0 unspecified atom stereocenters. The number of carbonyl (C=O) groups excluding carboxylic acids is 1. The minimum absolute atomic E-state index is 0.0598. The molecule has 1 aromatic rings. The summed E-state index contributed by atoms with van der Waals surface area (Å²) in [5.41, 5.74) is 1.77. The van der Waals surface area contributed by atoms with Gasteiger partial charge in [0.15, 0.2) is 0 Å². The second kappa shape index (κ2) is 7.83. The number of methoxy groups -OCH3 is 1. The van der Waals surface area contributed by atoms with Crippen molar-refractivity contribution in [2.75, 3.05) is 25.5 Å². The minimum atomic E-state index is -0.238. The van der Waals surface area contributed by atoms with Gasteiger partial charge in [-0.2, -0.15) is 0 Å². The monoisotopic (exact) mass is 338 g/mol. The highest BCUT2D eigenvalue weighted by Crippen LogP contribution is 2.27. The van der Waals surface area contributed by atoms with Gasteiger partial charge in [0, 0.05) is 13.1 Å². The SMILES string of the molecule is COc1ccc(C)cc1NC(=O)[C@H](C)SC(=S)N1CCCC1. The van der Waals surface area contributed by atoms with Crippen LogP contribution in [0.1, 0.15) is 25.3 Å². The largest absolute Gasteiger partial charge is 0.495 e. The van der Waals surface area contributed by atoms with Gasteiger partial charge in [-0.25, -0.2) is 0 Å². The number of nitrogens with one attached hydrogen (secondary N) is 1. The maximum absolute atomic E-state index is 12.4. The van der Waals surface area contributed by atoms with Gasteiger partial charge in [0.1, 0.15) is 10.1 Å². The maximum Gasteiger partial charge on any atom is 0.237 e. The topological polar surface area (TPSA) is 41.6 Å². The standard InChI is InChI=1S/C16H22N2O2S2/c1-11-6-7-14(20-3)13(10-11)17-15(19)12(2)22-16(21)18-8-4-5-9-18/h6-7,10,12H,4-5,8-9H2,1-3H3,(H,17,19)/t12-/m0/s1. The number of thioether (sulfide) groups is 1. The van der Waals surface area contributed by atoms with Gasteiger partial charge in [-0.1, -0.05) is 30.0 Å². The summed E-state index contributed by atoms with van der Waals surface area (Å²) in [7, 11) is 1.60. The van der Waals surface area contributed by atoms with Crippen LogP contribution in [-0.4, -0.2) is 40.6 Å². The average Bonchev–Trinajstić information content (AvgIpc) is 3.01. The van der Waals surface area contributed by atoms with Crippen molar-refractivity contribution in [1.29, 1.82) is 0 Å². The Balaban J connectivity index is 1.96. The minimum Gasteiger partial charge on any atom is -0.495 e. The number of hydrogen-bond acceptors (Lipinski definition) is 4. The van der Waals surface area contributed by atoms with Crippen LogP contribution in [0.3, 0.4) is 0 Å². The van der Waals surface area contributed by atoms with Crippen molar-refractivity contribution in [2.24, 2.45) is 0 Å². The van der Waals surface area contributed by atoms with Crippen LogP contribution in [-0.2, 0) is 4.79 Å². The highest BCUT2D eigenvalue weighted by molar-refractivity contribution is 8.23. The smallest absolute Gasteiger partial charge is 0.237 e. The number of hydrogen-bond donors (Lipinski definition) is 1. The molecular weight excluding hydrogens is 316 g/mol. The number of carbonyl (C=O) groups is 1. The molecule has 0 aromatic heterocycles. The van der Waals surface area contributed by atoms with Gasteiger partial charge in [-0.05, 0) is 44.4 Å². The Morgan fingerprint density at radius 2 is 2.09 bits per heavy atom. The number of thiocarbonyl (C=S) groups is 1. The molecule has 6 heteroatoms. The Bertz CT molecular complexity index is 557. The molecule has 4 nitrogen and oxygen atoms in total. The number of rotatable bonds is 4. The lowest BCUT2D eigenvalue weighted by atomic mass is 10.2. The quantitative estimate of drug-likeness (QED) is 0.852. The van der Waals surface area contributed by atoms with Crippen LogP contribution in [0.15, 0.2) is 18.2 Å². The third-order valence-corrected chi connectivity index (χ3v) is 5.20. The molecule has 0 spiro atoms. The zero-order valence-electron chi connectivity index (χ0n) is 13.2. The second-order valence-corrected chi connectivity index (χ2v) is 7.39. The first-order chi connectivity index (χ1) is 10.5. The molecule has 22 heavy (non-hydrogen) atoms. The fraction of sp³-hybridized carbons (Fsp3) is 0.500. The third-order valence-electron chi connectivity index (χ3n) is 3.62. The number of likely N-dealkylation sites (tertiary alicyclic amines) is 1. The van der Waals surface area contributed by atoms with Crippen molar-refractivity contribution in [2.45, 2.75) is 31.9 Å². The van der Waals surface area contributed by atoms with E-state index >= 15 is 0 Å². The number of aryl methyl sites for hydroxylation is 1. The Morgan fingerprint density at radius 1 is 1.41 bits per heavy atom. The summed E-state index contributed by atoms with van der Waals surface area (Å²) in [5, 5.41) is 2.70. The molecule has 0 bridgehead atoms. The van der Waals surface area contributed by atoms with E-state index in [0.717, 1.165) is 23.0 Å². The van der Waals surface area contributed by atoms with E-state index in [9.17, 15) is 4.79 Å². The van der Waals surface area contributed by atoms with Gasteiger partial charge < -0.3 is 15.0 Å². The molecule has 0 aliphatic carbocycles. The number of benzene rings is 1. The fourth-order valence-corrected chi connectivity index (χ4v) is 3.75. The molecule has 1 saturated heterocycles. The molecule has 1 amide bonds. The zero-order chi connectivity index (χ0) is 16.1. The first-order valence-electron chi connectivity index (χ1n) is 7.42. The van der Waals surface area contributed by atoms with Gasteiger partial charge in [-0.15, -0.1) is 0 Å². The van der Waals surface area contributed by atoms with Crippen LogP contribution in [0.25, 0.3) is 0 Å². The average molecular weight is 338 g/mol. The number of amides is 1. The Hall–Kier alpha value is -1.27. The van der Waals surface area contributed by atoms with Gasteiger partial charge in [0.25, 0.3) is 0 Å². The molecular formula is C16H22N2O2S2. The van der Waals surface area contributed by atoms with Gasteiger partial charge in [-0.3, -0.25) is 4.79 Å². The summed E-state index contributed by atoms with van der Waals surface area (Å²) in [6, 6.07) is 5.72. The van der Waals surface area contributed by atoms with Crippen molar-refractivity contribution < 1.29 is 9.53 Å². The molecule has 1 fully saturated rings. The molecule has 120 valence electrons. The third kappa shape index (κ3) is 4.36. The zero-order valence-corrected chi connectivity index (χ0v) is 14.9. The van der Waals surface area contributed by atoms with Crippen LogP contribution < -0.4 is 10.1 Å². The van der Waals surface area contributed by atoms with E-state index in [-0.39, 0.29) is 11.2 Å². The summed E-state index contributed by atoms with van der Waals surface area (Å²) in [6.07, 6.45) is 2.36. The molecule has 0 radical (unpaired) electrons. The van der Waals surface area contributed by atoms with E-state index in [1.807, 2.05) is 32.0 Å². The summed E-state index contributed by atoms with van der Waals surface area (Å²) >= 11 is 6.87. The Morgan fingerprint density at radius 3 is 2.73 bits per heavy atom. The van der Waals surface area contributed by atoms with Crippen molar-refractivity contribution >= 4 is 39.9 Å². The van der Waals surface area contributed by atoms with Crippen molar-refractivity contribution in [3.8, 4) is 5.75 Å². The van der Waals surface area contributed by atoms with Gasteiger partial charge in [0.05, 0.1) is 18.0 Å². The molecule has 2 rings (SSSR count). The van der Waals surface area contributed by atoms with Crippen molar-refractivity contribution in [3.63, 3.8) is 0 Å². The van der Waals surface area contributed by atoms with Crippen LogP contribution >= 0.6 is 24.0 Å². The molecule has 1 aliphatic heterocycles. The molecule has 1 aromatic carbocycles. The lowest BCUT2D eigenvalue weighted by molar-refractivity contribution is -0.115.